The van der Waals surface area contributed by atoms with Gasteiger partial charge in [0.15, 0.2) is 0 Å². The predicted octanol–water partition coefficient (Wildman–Crippen LogP) is 5.89. The summed E-state index contributed by atoms with van der Waals surface area (Å²) in [7, 11) is 1.57. The zero-order valence-electron chi connectivity index (χ0n) is 23.7. The molecule has 223 valence electrons. The predicted molar refractivity (Wildman–Crippen MR) is 165 cm³/mol. The van der Waals surface area contributed by atoms with Crippen molar-refractivity contribution in [3.05, 3.63) is 93.5 Å². The van der Waals surface area contributed by atoms with Crippen LogP contribution in [0, 0.1) is 0 Å². The Labute approximate surface area is 268 Å². The molecule has 0 bridgehead atoms. The molecule has 2 heterocycles. The Kier molecular flexibility index (Phi) is 9.32. The van der Waals surface area contributed by atoms with Crippen LogP contribution in [0.5, 0.6) is 11.5 Å². The van der Waals surface area contributed by atoms with Crippen LogP contribution in [0.1, 0.15) is 42.6 Å². The fraction of sp³-hybridized carbons (Fsp3) is 0.290. The van der Waals surface area contributed by atoms with Gasteiger partial charge in [0.05, 0.1) is 7.11 Å². The summed E-state index contributed by atoms with van der Waals surface area (Å²) in [6.07, 6.45) is -0.176. The van der Waals surface area contributed by atoms with Gasteiger partial charge in [0.2, 0.25) is 0 Å². The van der Waals surface area contributed by atoms with Crippen LogP contribution in [-0.2, 0) is 4.79 Å². The molecule has 43 heavy (non-hydrogen) atoms. The number of amides is 4. The number of ether oxygens (including phenoxy) is 2. The Morgan fingerprint density at radius 2 is 1.58 bits per heavy atom. The molecule has 1 radical (unpaired) electrons. The average Bonchev–Trinajstić information content (AvgIpc) is 3.37. The Hall–Kier alpha value is -3.56. The van der Waals surface area contributed by atoms with E-state index >= 15 is 0 Å². The molecular formula is C31H29Cl2N4O5Se. The van der Waals surface area contributed by atoms with Gasteiger partial charge in [-0.15, -0.1) is 0 Å². The number of halogens is 2. The topological polar surface area (TPSA) is 91.8 Å². The first-order valence-electron chi connectivity index (χ1n) is 13.6. The van der Waals surface area contributed by atoms with E-state index in [2.05, 4.69) is 16.0 Å². The van der Waals surface area contributed by atoms with Crippen LogP contribution in [-0.4, -0.2) is 86.1 Å². The first-order valence-corrected chi connectivity index (χ1v) is 15.2. The molecule has 0 unspecified atom stereocenters. The number of methoxy groups -OCH3 is 1. The third-order valence-corrected chi connectivity index (χ3v) is 8.17. The van der Waals surface area contributed by atoms with Crippen LogP contribution in [0.15, 0.2) is 71.7 Å². The van der Waals surface area contributed by atoms with E-state index in [0.717, 1.165) is 16.0 Å². The van der Waals surface area contributed by atoms with Gasteiger partial charge in [-0.05, 0) is 13.8 Å². The van der Waals surface area contributed by atoms with E-state index < -0.39 is 28.8 Å². The van der Waals surface area contributed by atoms with Gasteiger partial charge >= 0.3 is 215 Å². The molecule has 9 nitrogen and oxygen atoms in total. The minimum absolute atomic E-state index is 0.0766. The van der Waals surface area contributed by atoms with Crippen molar-refractivity contribution in [3.8, 4) is 11.5 Å². The van der Waals surface area contributed by atoms with Crippen LogP contribution in [0.2, 0.25) is 10.0 Å². The number of urea groups is 1. The van der Waals surface area contributed by atoms with Crippen molar-refractivity contribution in [3.63, 3.8) is 0 Å². The molecule has 4 amide bonds. The monoisotopic (exact) mass is 687 g/mol. The number of benzene rings is 3. The number of amidine groups is 1. The van der Waals surface area contributed by atoms with Crippen molar-refractivity contribution < 1.29 is 23.9 Å². The second-order valence-corrected chi connectivity index (χ2v) is 12.0. The quantitative estimate of drug-likeness (QED) is 0.302. The maximum atomic E-state index is 14.5. The number of hydrogen-bond donors (Lipinski definition) is 0. The molecule has 3 aromatic rings. The molecule has 0 saturated carbocycles. The molecule has 2 aliphatic rings. The van der Waals surface area contributed by atoms with Gasteiger partial charge in [-0.25, -0.2) is 0 Å². The van der Waals surface area contributed by atoms with Gasteiger partial charge in [0, 0.05) is 5.02 Å². The number of nitrogens with zero attached hydrogens (tertiary/aromatic N) is 4. The Bertz CT molecular complexity index is 1570. The second-order valence-electron chi connectivity index (χ2n) is 10.4. The summed E-state index contributed by atoms with van der Waals surface area (Å²) in [4.78, 5) is 48.2. The van der Waals surface area contributed by atoms with E-state index in [1.807, 2.05) is 44.2 Å². The van der Waals surface area contributed by atoms with Crippen molar-refractivity contribution in [2.45, 2.75) is 32.0 Å². The molecule has 0 aromatic heterocycles. The third kappa shape index (κ3) is 6.53. The second kappa shape index (κ2) is 13.0. The summed E-state index contributed by atoms with van der Waals surface area (Å²) in [6, 6.07) is 18.4. The minimum atomic E-state index is -0.607. The van der Waals surface area contributed by atoms with Gasteiger partial charge in [-0.3, -0.25) is 0 Å². The van der Waals surface area contributed by atoms with Gasteiger partial charge < -0.3 is 4.74 Å². The molecule has 1 saturated heterocycles. The molecule has 2 atom stereocenters. The molecule has 0 aliphatic carbocycles. The van der Waals surface area contributed by atoms with Crippen LogP contribution in [0.25, 0.3) is 0 Å². The van der Waals surface area contributed by atoms with Crippen LogP contribution < -0.4 is 9.47 Å². The van der Waals surface area contributed by atoms with E-state index in [4.69, 9.17) is 37.7 Å². The van der Waals surface area contributed by atoms with Crippen molar-refractivity contribution in [2.24, 2.45) is 4.99 Å². The Morgan fingerprint density at radius 3 is 2.14 bits per heavy atom. The standard InChI is InChI=1S/C31H29Cl2N4O5Se/c1-18(2)42-25-16-23(41-3)12-13-24(25)29-34-27(19-4-8-21(32)9-5-19)28(20-6-10-22(33)11-7-20)37(29)30(39)35-14-15-36(31(40)43)26(38)17-35/h4-13,16,18,27-28H,14-15,17H2,1-3H3/t27-,28+/m1/s1. The van der Waals surface area contributed by atoms with E-state index in [9.17, 15) is 14.4 Å². The maximum absolute atomic E-state index is 14.5. The first-order chi connectivity index (χ1) is 20.6. The molecule has 5 rings (SSSR count). The molecule has 1 fully saturated rings. The van der Waals surface area contributed by atoms with E-state index in [1.54, 1.807) is 48.4 Å². The van der Waals surface area contributed by atoms with Crippen LogP contribution in [0.3, 0.4) is 0 Å². The number of hydrogen-bond acceptors (Lipinski definition) is 6. The molecule has 12 heteroatoms. The summed E-state index contributed by atoms with van der Waals surface area (Å²) in [5.74, 6) is 0.984. The van der Waals surface area contributed by atoms with Crippen molar-refractivity contribution in [1.82, 2.24) is 14.7 Å². The number of carbonyl (C=O) groups is 3. The van der Waals surface area contributed by atoms with Gasteiger partial charge in [0.1, 0.15) is 0 Å². The Morgan fingerprint density at radius 1 is 0.953 bits per heavy atom. The summed E-state index contributed by atoms with van der Waals surface area (Å²) >= 11 is 14.8. The van der Waals surface area contributed by atoms with Crippen molar-refractivity contribution in [2.75, 3.05) is 26.7 Å². The molecule has 0 spiro atoms. The number of imide groups is 1. The van der Waals surface area contributed by atoms with Gasteiger partial charge in [0.25, 0.3) is 0 Å². The number of carbonyl (C=O) groups excluding carboxylic acids is 3. The normalized spacial score (nSPS) is 18.6. The third-order valence-electron chi connectivity index (χ3n) is 7.20. The fourth-order valence-electron chi connectivity index (χ4n) is 5.20. The summed E-state index contributed by atoms with van der Waals surface area (Å²) in [6.45, 7) is 3.80. The fourth-order valence-corrected chi connectivity index (χ4v) is 5.86. The van der Waals surface area contributed by atoms with E-state index in [0.29, 0.717) is 32.9 Å². The average molecular weight is 687 g/mol. The Balaban J connectivity index is 1.68. The summed E-state index contributed by atoms with van der Waals surface area (Å²) in [5, 5.41) is 1.12. The molecular weight excluding hydrogens is 658 g/mol. The van der Waals surface area contributed by atoms with Crippen LogP contribution in [0.4, 0.5) is 9.59 Å². The molecule has 3 aromatic carbocycles. The van der Waals surface area contributed by atoms with Gasteiger partial charge in [-0.2, -0.15) is 0 Å². The number of piperazine rings is 1. The number of aliphatic imine (C=N–C) groups is 1. The first kappa shape index (κ1) is 30.9. The summed E-state index contributed by atoms with van der Waals surface area (Å²) in [5.41, 5.74) is 2.21. The zero-order chi connectivity index (χ0) is 30.8. The van der Waals surface area contributed by atoms with E-state index in [-0.39, 0.29) is 25.7 Å². The van der Waals surface area contributed by atoms with Crippen molar-refractivity contribution >= 4 is 61.8 Å². The van der Waals surface area contributed by atoms with E-state index in [1.165, 1.54) is 4.90 Å². The van der Waals surface area contributed by atoms with Crippen LogP contribution >= 0.6 is 23.2 Å². The molecule has 0 N–H and O–H groups in total. The van der Waals surface area contributed by atoms with Crippen molar-refractivity contribution in [1.29, 1.82) is 0 Å². The van der Waals surface area contributed by atoms with Gasteiger partial charge in [-0.1, -0.05) is 23.2 Å². The zero-order valence-corrected chi connectivity index (χ0v) is 26.9. The number of rotatable bonds is 6. The molecule has 2 aliphatic heterocycles. The summed E-state index contributed by atoms with van der Waals surface area (Å²) < 4.78 is 11.7. The SMILES string of the molecule is COc1ccc(C2=N[C@H](c3ccc(Cl)cc3)[C@H](c3ccc(Cl)cc3)N2C(=O)N2CCN(C(=O)[Se])C(=O)C2)c(OC(C)C)c1.